The van der Waals surface area contributed by atoms with Crippen LogP contribution in [0.4, 0.5) is 10.5 Å². The lowest BCUT2D eigenvalue weighted by Gasteiger charge is -2.17. The van der Waals surface area contributed by atoms with E-state index in [0.29, 0.717) is 5.39 Å². The predicted octanol–water partition coefficient (Wildman–Crippen LogP) is 4.72. The van der Waals surface area contributed by atoms with E-state index in [1.807, 2.05) is 61.5 Å². The molecular weight excluding hydrogens is 486 g/mol. The number of anilines is 1. The van der Waals surface area contributed by atoms with E-state index >= 15 is 0 Å². The molecule has 1 aliphatic carbocycles. The average molecular weight is 516 g/mol. The first-order valence-electron chi connectivity index (χ1n) is 12.1. The molecular formula is C29H29N3O4S. The summed E-state index contributed by atoms with van der Waals surface area (Å²) in [6.07, 6.45) is -0.582. The number of alkyl carbamates (subject to hydrolysis) is 1. The number of carbonyl (C=O) groups excluding carboxylic acids is 1. The van der Waals surface area contributed by atoms with Crippen molar-refractivity contribution in [2.24, 2.45) is 0 Å². The zero-order valence-electron chi connectivity index (χ0n) is 20.8. The third kappa shape index (κ3) is 4.90. The number of hydrogen-bond acceptors (Lipinski definition) is 5. The summed E-state index contributed by atoms with van der Waals surface area (Å²) in [7, 11) is 0.0595. The molecule has 1 amide bonds. The molecule has 0 saturated carbocycles. The lowest BCUT2D eigenvalue weighted by Crippen LogP contribution is -2.35. The van der Waals surface area contributed by atoms with Crippen molar-refractivity contribution in [1.29, 1.82) is 0 Å². The number of carbonyl (C=O) groups is 1. The molecule has 8 heteroatoms. The number of sulfonamides is 1. The van der Waals surface area contributed by atoms with Gasteiger partial charge in [-0.2, -0.15) is 0 Å². The minimum atomic E-state index is -3.78. The normalized spacial score (nSPS) is 12.7. The van der Waals surface area contributed by atoms with Crippen LogP contribution in [0.25, 0.3) is 21.9 Å². The Morgan fingerprint density at radius 3 is 2.11 bits per heavy atom. The van der Waals surface area contributed by atoms with E-state index in [4.69, 9.17) is 4.74 Å². The van der Waals surface area contributed by atoms with Gasteiger partial charge in [-0.05, 0) is 34.4 Å². The lowest BCUT2D eigenvalue weighted by atomic mass is 9.98. The Morgan fingerprint density at radius 1 is 0.811 bits per heavy atom. The summed E-state index contributed by atoms with van der Waals surface area (Å²) in [4.78, 5) is 14.5. The zero-order chi connectivity index (χ0) is 26.0. The van der Waals surface area contributed by atoms with E-state index in [2.05, 4.69) is 34.3 Å². The summed E-state index contributed by atoms with van der Waals surface area (Å²) >= 11 is 0. The van der Waals surface area contributed by atoms with Crippen LogP contribution in [0, 0.1) is 0 Å². The highest BCUT2D eigenvalue weighted by Gasteiger charge is 2.29. The van der Waals surface area contributed by atoms with E-state index in [9.17, 15) is 13.2 Å². The van der Waals surface area contributed by atoms with Crippen molar-refractivity contribution in [1.82, 2.24) is 10.0 Å². The molecule has 1 aliphatic rings. The molecule has 190 valence electrons. The summed E-state index contributed by atoms with van der Waals surface area (Å²) in [5.41, 5.74) is 5.53. The number of ether oxygens (including phenoxy) is 1. The fourth-order valence-corrected chi connectivity index (χ4v) is 6.22. The van der Waals surface area contributed by atoms with Crippen LogP contribution >= 0.6 is 0 Å². The van der Waals surface area contributed by atoms with Gasteiger partial charge in [0.25, 0.3) is 0 Å². The maximum absolute atomic E-state index is 13.0. The van der Waals surface area contributed by atoms with Gasteiger partial charge in [0.1, 0.15) is 6.61 Å². The van der Waals surface area contributed by atoms with Gasteiger partial charge >= 0.3 is 6.09 Å². The molecule has 0 aromatic heterocycles. The van der Waals surface area contributed by atoms with Crippen molar-refractivity contribution in [2.75, 3.05) is 38.7 Å². The van der Waals surface area contributed by atoms with Crippen LogP contribution in [-0.4, -0.2) is 48.3 Å². The first-order chi connectivity index (χ1) is 17.9. The van der Waals surface area contributed by atoms with Crippen molar-refractivity contribution in [2.45, 2.75) is 10.8 Å². The Labute approximate surface area is 217 Å². The van der Waals surface area contributed by atoms with Crippen molar-refractivity contribution < 1.29 is 17.9 Å². The zero-order valence-corrected chi connectivity index (χ0v) is 21.6. The molecule has 4 aromatic rings. The average Bonchev–Trinajstić information content (AvgIpc) is 3.23. The van der Waals surface area contributed by atoms with Gasteiger partial charge in [-0.15, -0.1) is 0 Å². The van der Waals surface area contributed by atoms with Gasteiger partial charge in [0.2, 0.25) is 10.0 Å². The lowest BCUT2D eigenvalue weighted by molar-refractivity contribution is 0.143. The molecule has 0 atom stereocenters. The van der Waals surface area contributed by atoms with Crippen LogP contribution in [0.5, 0.6) is 0 Å². The fourth-order valence-electron chi connectivity index (χ4n) is 4.97. The Hall–Kier alpha value is -3.88. The molecule has 7 nitrogen and oxygen atoms in total. The second-order valence-electron chi connectivity index (χ2n) is 9.17. The van der Waals surface area contributed by atoms with Crippen LogP contribution in [-0.2, 0) is 14.8 Å². The second kappa shape index (κ2) is 10.2. The molecule has 0 radical (unpaired) electrons. The maximum atomic E-state index is 13.0. The Balaban J connectivity index is 1.18. The van der Waals surface area contributed by atoms with E-state index in [1.54, 1.807) is 18.2 Å². The van der Waals surface area contributed by atoms with E-state index in [0.717, 1.165) is 33.3 Å². The first kappa shape index (κ1) is 24.8. The van der Waals surface area contributed by atoms with Gasteiger partial charge in [0.15, 0.2) is 0 Å². The minimum Gasteiger partial charge on any atom is -0.449 e. The monoisotopic (exact) mass is 515 g/mol. The Bertz CT molecular complexity index is 1520. The highest BCUT2D eigenvalue weighted by molar-refractivity contribution is 7.89. The molecule has 5 rings (SSSR count). The molecule has 0 aliphatic heterocycles. The third-order valence-corrected chi connectivity index (χ3v) is 8.18. The largest absolute Gasteiger partial charge is 0.449 e. The summed E-state index contributed by atoms with van der Waals surface area (Å²) in [5, 5.41) is 4.14. The van der Waals surface area contributed by atoms with Gasteiger partial charge in [-0.25, -0.2) is 17.9 Å². The first-order valence-corrected chi connectivity index (χ1v) is 13.6. The minimum absolute atomic E-state index is 0.0323. The van der Waals surface area contributed by atoms with Crippen molar-refractivity contribution in [3.05, 3.63) is 96.1 Å². The van der Waals surface area contributed by atoms with Gasteiger partial charge < -0.3 is 15.0 Å². The second-order valence-corrected chi connectivity index (χ2v) is 10.9. The van der Waals surface area contributed by atoms with Gasteiger partial charge in [-0.3, -0.25) is 0 Å². The molecule has 0 spiro atoms. The Kier molecular flexibility index (Phi) is 6.86. The molecule has 37 heavy (non-hydrogen) atoms. The molecule has 0 heterocycles. The molecule has 4 aromatic carbocycles. The topological polar surface area (TPSA) is 87.7 Å². The van der Waals surface area contributed by atoms with Crippen molar-refractivity contribution >= 4 is 32.6 Å². The highest BCUT2D eigenvalue weighted by Crippen LogP contribution is 2.44. The Morgan fingerprint density at radius 2 is 1.43 bits per heavy atom. The number of nitrogens with zero attached hydrogens (tertiary/aromatic N) is 1. The quantitative estimate of drug-likeness (QED) is 0.332. The fraction of sp³-hybridized carbons (Fsp3) is 0.207. The van der Waals surface area contributed by atoms with Crippen LogP contribution in [0.2, 0.25) is 0 Å². The number of nitrogens with one attached hydrogen (secondary N) is 2. The van der Waals surface area contributed by atoms with Crippen LogP contribution < -0.4 is 14.9 Å². The summed E-state index contributed by atoms with van der Waals surface area (Å²) in [6.45, 7) is 0.343. The number of amides is 1. The molecule has 0 fully saturated rings. The summed E-state index contributed by atoms with van der Waals surface area (Å²) in [6, 6.07) is 27.1. The SMILES string of the molecule is CN(C)c1cccc2c(S(=O)(=O)NCCNC(=O)OCC3c4ccccc4-c4ccccc43)cccc12. The number of fused-ring (bicyclic) bond motifs is 4. The molecule has 0 saturated heterocycles. The highest BCUT2D eigenvalue weighted by atomic mass is 32.2. The molecule has 0 bridgehead atoms. The number of benzene rings is 4. The molecule has 2 N–H and O–H groups in total. The number of rotatable bonds is 8. The van der Waals surface area contributed by atoms with Crippen LogP contribution in [0.15, 0.2) is 89.8 Å². The van der Waals surface area contributed by atoms with Crippen LogP contribution in [0.1, 0.15) is 17.0 Å². The summed E-state index contributed by atoms with van der Waals surface area (Å²) < 4.78 is 34.2. The van der Waals surface area contributed by atoms with Gasteiger partial charge in [0.05, 0.1) is 4.90 Å². The summed E-state index contributed by atoms with van der Waals surface area (Å²) in [5.74, 6) is -0.0323. The maximum Gasteiger partial charge on any atom is 0.407 e. The smallest absolute Gasteiger partial charge is 0.407 e. The van der Waals surface area contributed by atoms with Gasteiger partial charge in [0, 0.05) is 49.6 Å². The van der Waals surface area contributed by atoms with Gasteiger partial charge in [-0.1, -0.05) is 72.8 Å². The van der Waals surface area contributed by atoms with Crippen LogP contribution in [0.3, 0.4) is 0 Å². The van der Waals surface area contributed by atoms with Crippen molar-refractivity contribution in [3.63, 3.8) is 0 Å². The molecule has 0 unspecified atom stereocenters. The third-order valence-electron chi connectivity index (χ3n) is 6.66. The predicted molar refractivity (Wildman–Crippen MR) is 147 cm³/mol. The van der Waals surface area contributed by atoms with Crippen molar-refractivity contribution in [3.8, 4) is 11.1 Å². The number of hydrogen-bond donors (Lipinski definition) is 2. The van der Waals surface area contributed by atoms with E-state index in [1.165, 1.54) is 0 Å². The van der Waals surface area contributed by atoms with E-state index < -0.39 is 16.1 Å². The standard InChI is InChI=1S/C29H29N3O4S/c1-32(2)27-15-7-14-25-24(27)13-8-16-28(25)37(34,35)31-18-17-30-29(33)36-19-26-22-11-5-3-9-20(22)21-10-4-6-12-23(21)26/h3-16,26,31H,17-19H2,1-2H3,(H,30,33). The van der Waals surface area contributed by atoms with E-state index in [-0.39, 0.29) is 30.5 Å².